The third kappa shape index (κ3) is 6.88. The van der Waals surface area contributed by atoms with Crippen molar-refractivity contribution in [3.63, 3.8) is 0 Å². The van der Waals surface area contributed by atoms with E-state index >= 15 is 0 Å². The standard InChI is InChI=1S/C28H32FIN2O5/c29-21-11-9-18(10-12-21)17-32(28(36)19-5-1-2-6-19)23-15-20(27(35)31-13-14-33)16-25(26(23)34)37-24-8-4-3-7-22(24)30/h3-4,7-12,16,19,23,25-26,33-34H,1-2,5-6,13-15,17H2,(H,31,35). The molecule has 2 aliphatic rings. The summed E-state index contributed by atoms with van der Waals surface area (Å²) in [5.41, 5.74) is 1.11. The minimum absolute atomic E-state index is 0.0732. The van der Waals surface area contributed by atoms with E-state index in [0.29, 0.717) is 11.3 Å². The minimum atomic E-state index is -1.10. The number of aliphatic hydroxyl groups is 2. The first kappa shape index (κ1) is 27.5. The van der Waals surface area contributed by atoms with Crippen LogP contribution < -0.4 is 10.1 Å². The van der Waals surface area contributed by atoms with Crippen LogP contribution in [0.5, 0.6) is 5.75 Å². The van der Waals surface area contributed by atoms with Gasteiger partial charge in [-0.2, -0.15) is 0 Å². The molecule has 0 saturated heterocycles. The van der Waals surface area contributed by atoms with E-state index in [1.807, 2.05) is 18.2 Å². The molecule has 2 aromatic rings. The van der Waals surface area contributed by atoms with Gasteiger partial charge in [-0.15, -0.1) is 0 Å². The number of ether oxygens (including phenoxy) is 1. The van der Waals surface area contributed by atoms with Crippen LogP contribution in [0.2, 0.25) is 0 Å². The molecule has 0 spiro atoms. The summed E-state index contributed by atoms with van der Waals surface area (Å²) >= 11 is 2.14. The Balaban J connectivity index is 1.68. The Kier molecular flexibility index (Phi) is 9.55. The lowest BCUT2D eigenvalue weighted by atomic mass is 9.87. The molecule has 37 heavy (non-hydrogen) atoms. The molecule has 0 aliphatic heterocycles. The highest BCUT2D eigenvalue weighted by molar-refractivity contribution is 14.1. The first-order chi connectivity index (χ1) is 17.9. The summed E-state index contributed by atoms with van der Waals surface area (Å²) in [7, 11) is 0. The van der Waals surface area contributed by atoms with Gasteiger partial charge in [0.25, 0.3) is 0 Å². The fraction of sp³-hybridized carbons (Fsp3) is 0.429. The average molecular weight is 622 g/mol. The monoisotopic (exact) mass is 622 g/mol. The van der Waals surface area contributed by atoms with Crippen molar-refractivity contribution in [2.45, 2.75) is 56.9 Å². The highest BCUT2D eigenvalue weighted by Crippen LogP contribution is 2.33. The highest BCUT2D eigenvalue weighted by atomic mass is 127. The molecule has 1 fully saturated rings. The number of aliphatic hydroxyl groups excluding tert-OH is 2. The Morgan fingerprint density at radius 2 is 1.81 bits per heavy atom. The largest absolute Gasteiger partial charge is 0.482 e. The van der Waals surface area contributed by atoms with Crippen molar-refractivity contribution in [3.05, 3.63) is 75.1 Å². The van der Waals surface area contributed by atoms with Gasteiger partial charge in [-0.25, -0.2) is 4.39 Å². The molecule has 3 unspecified atom stereocenters. The fourth-order valence-corrected chi connectivity index (χ4v) is 5.53. The summed E-state index contributed by atoms with van der Waals surface area (Å²) in [5.74, 6) is -0.411. The number of carbonyl (C=O) groups is 2. The van der Waals surface area contributed by atoms with Gasteiger partial charge in [0.15, 0.2) is 0 Å². The molecule has 2 aromatic carbocycles. The summed E-state index contributed by atoms with van der Waals surface area (Å²) in [6.07, 6.45) is 3.26. The summed E-state index contributed by atoms with van der Waals surface area (Å²) in [6, 6.07) is 12.6. The van der Waals surface area contributed by atoms with Crippen LogP contribution in [0.1, 0.15) is 37.7 Å². The SMILES string of the molecule is O=C(NCCO)C1=CC(Oc2ccccc2I)C(O)C(N(Cc2ccc(F)cc2)C(=O)C2CCCC2)C1. The van der Waals surface area contributed by atoms with E-state index in [4.69, 9.17) is 4.74 Å². The summed E-state index contributed by atoms with van der Waals surface area (Å²) in [5, 5.41) is 23.4. The lowest BCUT2D eigenvalue weighted by molar-refractivity contribution is -0.143. The van der Waals surface area contributed by atoms with Crippen molar-refractivity contribution >= 4 is 34.4 Å². The van der Waals surface area contributed by atoms with Crippen LogP contribution >= 0.6 is 22.6 Å². The van der Waals surface area contributed by atoms with Crippen LogP contribution in [0.3, 0.4) is 0 Å². The van der Waals surface area contributed by atoms with E-state index in [9.17, 15) is 24.2 Å². The number of halogens is 2. The van der Waals surface area contributed by atoms with E-state index < -0.39 is 18.2 Å². The van der Waals surface area contributed by atoms with Crippen molar-refractivity contribution in [2.24, 2.45) is 5.92 Å². The fourth-order valence-electron chi connectivity index (χ4n) is 5.02. The van der Waals surface area contributed by atoms with Gasteiger partial charge < -0.3 is 25.2 Å². The molecule has 1 saturated carbocycles. The Bertz CT molecular complexity index is 1120. The number of carbonyl (C=O) groups excluding carboxylic acids is 2. The molecular weight excluding hydrogens is 590 g/mol. The molecule has 0 aromatic heterocycles. The molecule has 0 heterocycles. The molecule has 3 atom stereocenters. The Labute approximate surface area is 229 Å². The number of rotatable bonds is 9. The van der Waals surface area contributed by atoms with Crippen molar-refractivity contribution in [1.29, 1.82) is 0 Å². The van der Waals surface area contributed by atoms with Gasteiger partial charge in [0.2, 0.25) is 11.8 Å². The zero-order chi connectivity index (χ0) is 26.4. The van der Waals surface area contributed by atoms with Crippen molar-refractivity contribution in [1.82, 2.24) is 10.2 Å². The molecule has 9 heteroatoms. The number of benzene rings is 2. The molecule has 198 valence electrons. The second-order valence-electron chi connectivity index (χ2n) is 9.52. The van der Waals surface area contributed by atoms with Crippen molar-refractivity contribution < 1.29 is 28.9 Å². The first-order valence-corrected chi connectivity index (χ1v) is 13.7. The van der Waals surface area contributed by atoms with Crippen LogP contribution in [0.4, 0.5) is 4.39 Å². The number of para-hydroxylation sites is 1. The number of nitrogens with zero attached hydrogens (tertiary/aromatic N) is 1. The third-order valence-corrected chi connectivity index (χ3v) is 7.86. The molecule has 4 rings (SSSR count). The van der Waals surface area contributed by atoms with E-state index in [0.717, 1.165) is 34.8 Å². The summed E-state index contributed by atoms with van der Waals surface area (Å²) in [4.78, 5) is 28.4. The maximum Gasteiger partial charge on any atom is 0.247 e. The molecule has 2 aliphatic carbocycles. The van der Waals surface area contributed by atoms with E-state index in [1.165, 1.54) is 12.1 Å². The predicted octanol–water partition coefficient (Wildman–Crippen LogP) is 3.56. The van der Waals surface area contributed by atoms with Gasteiger partial charge in [-0.1, -0.05) is 37.1 Å². The number of nitrogens with one attached hydrogen (secondary N) is 1. The normalized spacial score (nSPS) is 21.8. The van der Waals surface area contributed by atoms with Crippen LogP contribution in [0, 0.1) is 15.3 Å². The Hall–Kier alpha value is -2.50. The lowest BCUT2D eigenvalue weighted by Gasteiger charge is -2.41. The minimum Gasteiger partial charge on any atom is -0.482 e. The van der Waals surface area contributed by atoms with E-state index in [-0.39, 0.29) is 49.7 Å². The van der Waals surface area contributed by atoms with Gasteiger partial charge in [0.1, 0.15) is 23.8 Å². The van der Waals surface area contributed by atoms with Crippen LogP contribution in [0.25, 0.3) is 0 Å². The van der Waals surface area contributed by atoms with Gasteiger partial charge in [-0.3, -0.25) is 9.59 Å². The topological polar surface area (TPSA) is 99.1 Å². The first-order valence-electron chi connectivity index (χ1n) is 12.6. The molecular formula is C28H32FIN2O5. The van der Waals surface area contributed by atoms with Crippen LogP contribution in [-0.4, -0.2) is 58.3 Å². The number of amides is 2. The van der Waals surface area contributed by atoms with Gasteiger partial charge in [-0.05, 0) is 71.3 Å². The van der Waals surface area contributed by atoms with Crippen molar-refractivity contribution in [3.8, 4) is 5.75 Å². The second-order valence-corrected chi connectivity index (χ2v) is 10.7. The third-order valence-electron chi connectivity index (χ3n) is 6.97. The van der Waals surface area contributed by atoms with E-state index in [1.54, 1.807) is 29.2 Å². The van der Waals surface area contributed by atoms with E-state index in [2.05, 4.69) is 27.9 Å². The second kappa shape index (κ2) is 12.8. The molecule has 0 bridgehead atoms. The molecule has 2 amide bonds. The van der Waals surface area contributed by atoms with Gasteiger partial charge in [0.05, 0.1) is 16.2 Å². The number of hydrogen-bond donors (Lipinski definition) is 3. The Morgan fingerprint density at radius 3 is 2.49 bits per heavy atom. The van der Waals surface area contributed by atoms with Crippen LogP contribution in [-0.2, 0) is 16.1 Å². The van der Waals surface area contributed by atoms with Gasteiger partial charge in [0, 0.05) is 31.0 Å². The maximum atomic E-state index is 13.8. The maximum absolute atomic E-state index is 13.8. The predicted molar refractivity (Wildman–Crippen MR) is 145 cm³/mol. The van der Waals surface area contributed by atoms with Gasteiger partial charge >= 0.3 is 0 Å². The smallest absolute Gasteiger partial charge is 0.247 e. The molecule has 7 nitrogen and oxygen atoms in total. The zero-order valence-corrected chi connectivity index (χ0v) is 22.6. The molecule has 0 radical (unpaired) electrons. The number of hydrogen-bond acceptors (Lipinski definition) is 5. The summed E-state index contributed by atoms with van der Waals surface area (Å²) in [6.45, 7) is 0.0638. The Morgan fingerprint density at radius 1 is 1.11 bits per heavy atom. The molecule has 3 N–H and O–H groups in total. The summed E-state index contributed by atoms with van der Waals surface area (Å²) < 4.78 is 20.6. The average Bonchev–Trinajstić information content (AvgIpc) is 3.44. The van der Waals surface area contributed by atoms with Crippen molar-refractivity contribution in [2.75, 3.05) is 13.2 Å². The highest BCUT2D eigenvalue weighted by Gasteiger charge is 2.42. The quantitative estimate of drug-likeness (QED) is 0.372. The zero-order valence-electron chi connectivity index (χ0n) is 20.5. The van der Waals surface area contributed by atoms with Crippen LogP contribution in [0.15, 0.2) is 60.2 Å². The lowest BCUT2D eigenvalue weighted by Crippen LogP contribution is -2.55.